The van der Waals surface area contributed by atoms with Gasteiger partial charge in [0.25, 0.3) is 0 Å². The average molecular weight is 261 g/mol. The molecule has 0 fully saturated rings. The van der Waals surface area contributed by atoms with Gasteiger partial charge in [-0.15, -0.1) is 0 Å². The van der Waals surface area contributed by atoms with E-state index in [2.05, 4.69) is 10.1 Å². The highest BCUT2D eigenvalue weighted by atomic mass is 19.3. The van der Waals surface area contributed by atoms with Gasteiger partial charge in [0.2, 0.25) is 0 Å². The molecule has 1 aromatic rings. The maximum absolute atomic E-state index is 12.1. The number of methoxy groups -OCH3 is 1. The second-order valence-corrected chi connectivity index (χ2v) is 3.35. The lowest BCUT2D eigenvalue weighted by Crippen LogP contribution is -2.23. The van der Waals surface area contributed by atoms with E-state index in [0.29, 0.717) is 6.42 Å². The van der Waals surface area contributed by atoms with Crippen molar-refractivity contribution in [1.29, 1.82) is 0 Å². The van der Waals surface area contributed by atoms with Crippen LogP contribution in [0.15, 0.2) is 18.2 Å². The van der Waals surface area contributed by atoms with Crippen molar-refractivity contribution >= 4 is 6.09 Å². The van der Waals surface area contributed by atoms with Gasteiger partial charge in [-0.25, -0.2) is 4.79 Å². The number of carboxylic acid groups (broad SMARTS) is 1. The van der Waals surface area contributed by atoms with E-state index in [9.17, 15) is 13.6 Å². The van der Waals surface area contributed by atoms with Gasteiger partial charge in [0, 0.05) is 6.54 Å². The highest BCUT2D eigenvalue weighted by Gasteiger charge is 2.10. The summed E-state index contributed by atoms with van der Waals surface area (Å²) in [7, 11) is 1.34. The third kappa shape index (κ3) is 4.44. The van der Waals surface area contributed by atoms with Crippen molar-refractivity contribution in [3.63, 3.8) is 0 Å². The third-order valence-electron chi connectivity index (χ3n) is 2.13. The van der Waals surface area contributed by atoms with Crippen LogP contribution in [0.4, 0.5) is 13.6 Å². The van der Waals surface area contributed by atoms with Gasteiger partial charge in [0.15, 0.2) is 11.5 Å². The Morgan fingerprint density at radius 2 is 2.17 bits per heavy atom. The van der Waals surface area contributed by atoms with Gasteiger partial charge in [0.1, 0.15) is 0 Å². The van der Waals surface area contributed by atoms with Crippen molar-refractivity contribution < 1.29 is 28.2 Å². The first-order valence-electron chi connectivity index (χ1n) is 5.11. The van der Waals surface area contributed by atoms with E-state index in [1.54, 1.807) is 6.07 Å². The van der Waals surface area contributed by atoms with Crippen LogP contribution in [0.1, 0.15) is 5.56 Å². The van der Waals surface area contributed by atoms with Gasteiger partial charge >= 0.3 is 12.7 Å². The van der Waals surface area contributed by atoms with Gasteiger partial charge in [-0.05, 0) is 24.1 Å². The van der Waals surface area contributed by atoms with E-state index < -0.39 is 12.7 Å². The van der Waals surface area contributed by atoms with E-state index in [-0.39, 0.29) is 18.0 Å². The van der Waals surface area contributed by atoms with Crippen LogP contribution >= 0.6 is 0 Å². The summed E-state index contributed by atoms with van der Waals surface area (Å²) >= 11 is 0. The van der Waals surface area contributed by atoms with Crippen LogP contribution < -0.4 is 14.8 Å². The number of hydrogen-bond donors (Lipinski definition) is 2. The van der Waals surface area contributed by atoms with Crippen LogP contribution in [0.3, 0.4) is 0 Å². The molecule has 0 aliphatic rings. The molecule has 0 saturated carbocycles. The van der Waals surface area contributed by atoms with Crippen molar-refractivity contribution in [2.75, 3.05) is 13.7 Å². The van der Waals surface area contributed by atoms with E-state index in [1.807, 2.05) is 0 Å². The minimum Gasteiger partial charge on any atom is -0.493 e. The molecule has 0 aromatic heterocycles. The standard InChI is InChI=1S/C11H13F2NO4/c1-17-9-6-7(4-5-14-11(15)16)2-3-8(9)18-10(12)13/h2-3,6,10,14H,4-5H2,1H3,(H,15,16). The van der Waals surface area contributed by atoms with E-state index in [4.69, 9.17) is 9.84 Å². The molecular formula is C11H13F2NO4. The zero-order valence-corrected chi connectivity index (χ0v) is 9.65. The summed E-state index contributed by atoms with van der Waals surface area (Å²) in [5, 5.41) is 10.6. The molecule has 1 aromatic carbocycles. The summed E-state index contributed by atoms with van der Waals surface area (Å²) in [6.45, 7) is -2.69. The van der Waals surface area contributed by atoms with E-state index >= 15 is 0 Å². The van der Waals surface area contributed by atoms with Crippen molar-refractivity contribution in [3.05, 3.63) is 23.8 Å². The molecule has 0 spiro atoms. The summed E-state index contributed by atoms with van der Waals surface area (Å²) in [5.74, 6) is 0.130. The second kappa shape index (κ2) is 6.63. The topological polar surface area (TPSA) is 67.8 Å². The summed E-state index contributed by atoms with van der Waals surface area (Å²) < 4.78 is 33.3. The highest BCUT2D eigenvalue weighted by Crippen LogP contribution is 2.29. The fourth-order valence-corrected chi connectivity index (χ4v) is 1.37. The van der Waals surface area contributed by atoms with Crippen LogP contribution in [0.25, 0.3) is 0 Å². The Hall–Kier alpha value is -2.05. The molecule has 0 saturated heterocycles. The minimum atomic E-state index is -2.92. The fourth-order valence-electron chi connectivity index (χ4n) is 1.37. The quantitative estimate of drug-likeness (QED) is 0.823. The number of nitrogens with one attached hydrogen (secondary N) is 1. The van der Waals surface area contributed by atoms with E-state index in [1.165, 1.54) is 19.2 Å². The molecule has 7 heteroatoms. The number of rotatable bonds is 6. The van der Waals surface area contributed by atoms with Gasteiger partial charge in [-0.2, -0.15) is 8.78 Å². The molecule has 0 unspecified atom stereocenters. The average Bonchev–Trinajstić information content (AvgIpc) is 2.29. The molecule has 0 radical (unpaired) electrons. The molecule has 100 valence electrons. The maximum Gasteiger partial charge on any atom is 0.404 e. The number of carbonyl (C=O) groups is 1. The molecule has 0 aliphatic heterocycles. The van der Waals surface area contributed by atoms with Crippen LogP contribution in [0, 0.1) is 0 Å². The zero-order chi connectivity index (χ0) is 13.5. The SMILES string of the molecule is COc1cc(CCNC(=O)O)ccc1OC(F)F. The monoisotopic (exact) mass is 261 g/mol. The molecule has 18 heavy (non-hydrogen) atoms. The van der Waals surface area contributed by atoms with Crippen molar-refractivity contribution in [2.45, 2.75) is 13.0 Å². The lowest BCUT2D eigenvalue weighted by Gasteiger charge is -2.11. The second-order valence-electron chi connectivity index (χ2n) is 3.35. The molecule has 2 N–H and O–H groups in total. The summed E-state index contributed by atoms with van der Waals surface area (Å²) in [6, 6.07) is 4.46. The van der Waals surface area contributed by atoms with Crippen molar-refractivity contribution in [2.24, 2.45) is 0 Å². The number of hydrogen-bond acceptors (Lipinski definition) is 3. The zero-order valence-electron chi connectivity index (χ0n) is 9.65. The Balaban J connectivity index is 2.69. The first-order valence-corrected chi connectivity index (χ1v) is 5.11. The first kappa shape index (κ1) is 14.0. The molecular weight excluding hydrogens is 248 g/mol. The molecule has 0 aliphatic carbocycles. The van der Waals surface area contributed by atoms with Crippen molar-refractivity contribution in [3.8, 4) is 11.5 Å². The Labute approximate surface area is 102 Å². The van der Waals surface area contributed by atoms with Gasteiger partial charge in [-0.3, -0.25) is 0 Å². The number of ether oxygens (including phenoxy) is 2. The minimum absolute atomic E-state index is 0.0533. The Morgan fingerprint density at radius 3 is 2.72 bits per heavy atom. The van der Waals surface area contributed by atoms with Gasteiger partial charge < -0.3 is 19.9 Å². The molecule has 0 heterocycles. The normalized spacial score (nSPS) is 10.2. The van der Waals surface area contributed by atoms with Crippen molar-refractivity contribution in [1.82, 2.24) is 5.32 Å². The van der Waals surface area contributed by atoms with Crippen LogP contribution in [0.5, 0.6) is 11.5 Å². The van der Waals surface area contributed by atoms with Crippen LogP contribution in [0.2, 0.25) is 0 Å². The lowest BCUT2D eigenvalue weighted by molar-refractivity contribution is -0.0512. The molecule has 0 atom stereocenters. The Kier molecular flexibility index (Phi) is 5.16. The van der Waals surface area contributed by atoms with Gasteiger partial charge in [-0.1, -0.05) is 6.07 Å². The maximum atomic E-state index is 12.1. The first-order chi connectivity index (χ1) is 8.52. The van der Waals surface area contributed by atoms with Crippen LogP contribution in [-0.2, 0) is 6.42 Å². The smallest absolute Gasteiger partial charge is 0.404 e. The van der Waals surface area contributed by atoms with Crippen LogP contribution in [-0.4, -0.2) is 31.5 Å². The molecule has 5 nitrogen and oxygen atoms in total. The third-order valence-corrected chi connectivity index (χ3v) is 2.13. The Bertz CT molecular complexity index is 412. The van der Waals surface area contributed by atoms with E-state index in [0.717, 1.165) is 5.56 Å². The lowest BCUT2D eigenvalue weighted by atomic mass is 10.1. The molecule has 1 amide bonds. The Morgan fingerprint density at radius 1 is 1.44 bits per heavy atom. The molecule has 0 bridgehead atoms. The predicted octanol–water partition coefficient (Wildman–Crippen LogP) is 2.11. The number of halogens is 2. The predicted molar refractivity (Wildman–Crippen MR) is 59.4 cm³/mol. The van der Waals surface area contributed by atoms with Gasteiger partial charge in [0.05, 0.1) is 7.11 Å². The summed E-state index contributed by atoms with van der Waals surface area (Å²) in [4.78, 5) is 10.2. The number of benzene rings is 1. The summed E-state index contributed by atoms with van der Waals surface area (Å²) in [6.07, 6.45) is -0.683. The molecule has 1 rings (SSSR count). The largest absolute Gasteiger partial charge is 0.493 e. The fraction of sp³-hybridized carbons (Fsp3) is 0.364. The number of amides is 1. The summed E-state index contributed by atoms with van der Waals surface area (Å²) in [5.41, 5.74) is 0.752. The number of alkyl halides is 2. The highest BCUT2D eigenvalue weighted by molar-refractivity contribution is 5.64.